The van der Waals surface area contributed by atoms with Gasteiger partial charge >= 0.3 is 0 Å². The minimum Gasteiger partial charge on any atom is -0.493 e. The van der Waals surface area contributed by atoms with Crippen molar-refractivity contribution in [3.63, 3.8) is 0 Å². The average Bonchev–Trinajstić information content (AvgIpc) is 2.88. The number of anilines is 1. The number of hydrogen-bond acceptors (Lipinski definition) is 4. The molecule has 1 N–H and O–H groups in total. The number of hydrogen-bond donors (Lipinski definition) is 1. The lowest BCUT2D eigenvalue weighted by atomic mass is 10.1. The lowest BCUT2D eigenvalue weighted by Crippen LogP contribution is -2.17. The molecule has 0 unspecified atom stereocenters. The normalized spacial score (nSPS) is 10.6. The van der Waals surface area contributed by atoms with Crippen LogP contribution in [0.25, 0.3) is 11.3 Å². The van der Waals surface area contributed by atoms with E-state index in [4.69, 9.17) is 4.74 Å². The SMILES string of the molecule is CCOc1ccccc1-c1csc(NC(=O)C(C)C)n1. The highest BCUT2D eigenvalue weighted by Crippen LogP contribution is 2.32. The maximum absolute atomic E-state index is 11.7. The molecule has 0 saturated heterocycles. The number of nitrogens with one attached hydrogen (secondary N) is 1. The van der Waals surface area contributed by atoms with E-state index in [0.29, 0.717) is 11.7 Å². The molecule has 2 rings (SSSR count). The maximum atomic E-state index is 11.7. The van der Waals surface area contributed by atoms with Gasteiger partial charge in [-0.05, 0) is 19.1 Å². The number of thiazole rings is 1. The number of nitrogens with zero attached hydrogens (tertiary/aromatic N) is 1. The predicted molar refractivity (Wildman–Crippen MR) is 82.2 cm³/mol. The Labute approximate surface area is 122 Å². The van der Waals surface area contributed by atoms with Crippen molar-refractivity contribution in [3.8, 4) is 17.0 Å². The number of rotatable bonds is 5. The number of carbonyl (C=O) groups excluding carboxylic acids is 1. The second-order valence-electron chi connectivity index (χ2n) is 4.61. The molecule has 1 amide bonds. The van der Waals surface area contributed by atoms with E-state index in [0.717, 1.165) is 17.0 Å². The van der Waals surface area contributed by atoms with Gasteiger partial charge in [0.25, 0.3) is 0 Å². The minimum atomic E-state index is -0.0574. The summed E-state index contributed by atoms with van der Waals surface area (Å²) in [5.41, 5.74) is 1.76. The first-order chi connectivity index (χ1) is 9.61. The summed E-state index contributed by atoms with van der Waals surface area (Å²) in [4.78, 5) is 16.1. The molecular formula is C15H18N2O2S. The van der Waals surface area contributed by atoms with Crippen molar-refractivity contribution < 1.29 is 9.53 Å². The largest absolute Gasteiger partial charge is 0.493 e. The van der Waals surface area contributed by atoms with Crippen molar-refractivity contribution in [2.24, 2.45) is 5.92 Å². The molecule has 0 spiro atoms. The molecule has 0 saturated carbocycles. The van der Waals surface area contributed by atoms with Crippen molar-refractivity contribution in [2.45, 2.75) is 20.8 Å². The Balaban J connectivity index is 2.22. The van der Waals surface area contributed by atoms with E-state index in [-0.39, 0.29) is 11.8 Å². The maximum Gasteiger partial charge on any atom is 0.228 e. The Morgan fingerprint density at radius 2 is 2.15 bits per heavy atom. The first-order valence-electron chi connectivity index (χ1n) is 6.60. The van der Waals surface area contributed by atoms with Crippen molar-refractivity contribution >= 4 is 22.4 Å². The van der Waals surface area contributed by atoms with Crippen LogP contribution in [0, 0.1) is 5.92 Å². The molecule has 0 aliphatic rings. The highest BCUT2D eigenvalue weighted by Gasteiger charge is 2.12. The summed E-state index contributed by atoms with van der Waals surface area (Å²) in [5.74, 6) is 0.726. The number of amides is 1. The van der Waals surface area contributed by atoms with Gasteiger partial charge in [0.1, 0.15) is 5.75 Å². The molecular weight excluding hydrogens is 272 g/mol. The smallest absolute Gasteiger partial charge is 0.228 e. The third-order valence-corrected chi connectivity index (χ3v) is 3.48. The van der Waals surface area contributed by atoms with Crippen LogP contribution in [-0.4, -0.2) is 17.5 Å². The molecule has 0 aliphatic carbocycles. The number of ether oxygens (including phenoxy) is 1. The molecule has 1 aromatic heterocycles. The second-order valence-corrected chi connectivity index (χ2v) is 5.47. The fourth-order valence-corrected chi connectivity index (χ4v) is 2.38. The van der Waals surface area contributed by atoms with E-state index in [9.17, 15) is 4.79 Å². The third-order valence-electron chi connectivity index (χ3n) is 2.72. The molecule has 20 heavy (non-hydrogen) atoms. The molecule has 4 nitrogen and oxygen atoms in total. The second kappa shape index (κ2) is 6.52. The van der Waals surface area contributed by atoms with Crippen LogP contribution in [0.4, 0.5) is 5.13 Å². The van der Waals surface area contributed by atoms with Crippen LogP contribution < -0.4 is 10.1 Å². The van der Waals surface area contributed by atoms with Gasteiger partial charge in [0.05, 0.1) is 12.3 Å². The topological polar surface area (TPSA) is 51.2 Å². The van der Waals surface area contributed by atoms with E-state index in [2.05, 4.69) is 10.3 Å². The minimum absolute atomic E-state index is 0.0241. The third kappa shape index (κ3) is 3.36. The summed E-state index contributed by atoms with van der Waals surface area (Å²) in [6.45, 7) is 6.27. The fraction of sp³-hybridized carbons (Fsp3) is 0.333. The summed E-state index contributed by atoms with van der Waals surface area (Å²) in [6, 6.07) is 7.77. The number of benzene rings is 1. The zero-order valence-electron chi connectivity index (χ0n) is 11.8. The van der Waals surface area contributed by atoms with Crippen LogP contribution in [0.1, 0.15) is 20.8 Å². The summed E-state index contributed by atoms with van der Waals surface area (Å²) < 4.78 is 5.60. The zero-order valence-corrected chi connectivity index (χ0v) is 12.7. The van der Waals surface area contributed by atoms with Gasteiger partial charge in [-0.15, -0.1) is 11.3 Å². The summed E-state index contributed by atoms with van der Waals surface area (Å²) in [6.07, 6.45) is 0. The Morgan fingerprint density at radius 3 is 2.85 bits per heavy atom. The molecule has 0 radical (unpaired) electrons. The summed E-state index contributed by atoms with van der Waals surface area (Å²) in [5, 5.41) is 5.35. The van der Waals surface area contributed by atoms with Crippen molar-refractivity contribution in [2.75, 3.05) is 11.9 Å². The molecule has 1 aromatic carbocycles. The van der Waals surface area contributed by atoms with Crippen LogP contribution in [0.5, 0.6) is 5.75 Å². The van der Waals surface area contributed by atoms with Crippen LogP contribution in [0.2, 0.25) is 0 Å². The molecule has 106 valence electrons. The highest BCUT2D eigenvalue weighted by atomic mass is 32.1. The van der Waals surface area contributed by atoms with E-state index in [1.165, 1.54) is 11.3 Å². The van der Waals surface area contributed by atoms with Gasteiger partial charge in [0.2, 0.25) is 5.91 Å². The van der Waals surface area contributed by atoms with Gasteiger partial charge in [-0.3, -0.25) is 4.79 Å². The van der Waals surface area contributed by atoms with Crippen LogP contribution in [0.3, 0.4) is 0 Å². The Morgan fingerprint density at radius 1 is 1.40 bits per heavy atom. The highest BCUT2D eigenvalue weighted by molar-refractivity contribution is 7.14. The molecule has 0 atom stereocenters. The van der Waals surface area contributed by atoms with Gasteiger partial charge in [0.15, 0.2) is 5.13 Å². The molecule has 0 bridgehead atoms. The van der Waals surface area contributed by atoms with E-state index in [1.54, 1.807) is 0 Å². The van der Waals surface area contributed by atoms with Crippen LogP contribution >= 0.6 is 11.3 Å². The lowest BCUT2D eigenvalue weighted by molar-refractivity contribution is -0.118. The van der Waals surface area contributed by atoms with Gasteiger partial charge in [-0.1, -0.05) is 26.0 Å². The Kier molecular flexibility index (Phi) is 4.74. The number of para-hydroxylation sites is 1. The van der Waals surface area contributed by atoms with Crippen molar-refractivity contribution in [3.05, 3.63) is 29.6 Å². The van der Waals surface area contributed by atoms with Gasteiger partial charge < -0.3 is 10.1 Å². The lowest BCUT2D eigenvalue weighted by Gasteiger charge is -2.07. The van der Waals surface area contributed by atoms with Gasteiger partial charge in [-0.2, -0.15) is 0 Å². The molecule has 0 fully saturated rings. The average molecular weight is 290 g/mol. The quantitative estimate of drug-likeness (QED) is 0.911. The fourth-order valence-electron chi connectivity index (χ4n) is 1.66. The monoisotopic (exact) mass is 290 g/mol. The van der Waals surface area contributed by atoms with E-state index in [1.807, 2.05) is 50.4 Å². The van der Waals surface area contributed by atoms with Crippen LogP contribution in [-0.2, 0) is 4.79 Å². The predicted octanol–water partition coefficient (Wildman–Crippen LogP) is 3.80. The number of carbonyl (C=O) groups is 1. The van der Waals surface area contributed by atoms with E-state index >= 15 is 0 Å². The molecule has 5 heteroatoms. The van der Waals surface area contributed by atoms with Crippen molar-refractivity contribution in [1.29, 1.82) is 0 Å². The van der Waals surface area contributed by atoms with Crippen LogP contribution in [0.15, 0.2) is 29.6 Å². The van der Waals surface area contributed by atoms with Crippen molar-refractivity contribution in [1.82, 2.24) is 4.98 Å². The molecule has 1 heterocycles. The number of aromatic nitrogens is 1. The zero-order chi connectivity index (χ0) is 14.5. The first-order valence-corrected chi connectivity index (χ1v) is 7.48. The first kappa shape index (κ1) is 14.5. The molecule has 2 aromatic rings. The van der Waals surface area contributed by atoms with E-state index < -0.39 is 0 Å². The van der Waals surface area contributed by atoms with Gasteiger partial charge in [0, 0.05) is 16.9 Å². The standard InChI is InChI=1S/C15H18N2O2S/c1-4-19-13-8-6-5-7-11(13)12-9-20-15(16-12)17-14(18)10(2)3/h5-10H,4H2,1-3H3,(H,16,17,18). The molecule has 0 aliphatic heterocycles. The summed E-state index contributed by atoms with van der Waals surface area (Å²) >= 11 is 1.42. The summed E-state index contributed by atoms with van der Waals surface area (Å²) in [7, 11) is 0. The van der Waals surface area contributed by atoms with Gasteiger partial charge in [-0.25, -0.2) is 4.98 Å². The Hall–Kier alpha value is -1.88. The Bertz CT molecular complexity index is 593.